The van der Waals surface area contributed by atoms with Gasteiger partial charge in [-0.2, -0.15) is 0 Å². The summed E-state index contributed by atoms with van der Waals surface area (Å²) in [6.07, 6.45) is 0. The molecular weight excluding hydrogens is 304 g/mol. The number of fused-ring (bicyclic) bond motifs is 1. The van der Waals surface area contributed by atoms with Gasteiger partial charge in [-0.3, -0.25) is 14.2 Å². The molecule has 1 fully saturated rings. The fraction of sp³-hybridized carbons (Fsp3) is 0.474. The van der Waals surface area contributed by atoms with Crippen molar-refractivity contribution in [3.05, 3.63) is 45.2 Å². The molecule has 2 aromatic rings. The lowest BCUT2D eigenvalue weighted by molar-refractivity contribution is -0.138. The number of aromatic nitrogens is 1. The van der Waals surface area contributed by atoms with E-state index in [0.29, 0.717) is 26.3 Å². The van der Waals surface area contributed by atoms with Gasteiger partial charge in [-0.25, -0.2) is 0 Å². The number of pyridine rings is 1. The van der Waals surface area contributed by atoms with E-state index in [1.165, 1.54) is 0 Å². The first-order valence-corrected chi connectivity index (χ1v) is 8.40. The number of hydrogen-bond acceptors (Lipinski definition) is 3. The number of aryl methyl sites for hydroxylation is 3. The van der Waals surface area contributed by atoms with E-state index in [1.807, 2.05) is 27.7 Å². The minimum atomic E-state index is -0.528. The van der Waals surface area contributed by atoms with E-state index in [-0.39, 0.29) is 11.5 Å². The van der Waals surface area contributed by atoms with Crippen LogP contribution in [0.4, 0.5) is 0 Å². The molecule has 1 saturated heterocycles. The van der Waals surface area contributed by atoms with Crippen molar-refractivity contribution in [1.29, 1.82) is 0 Å². The number of ether oxygens (including phenoxy) is 1. The van der Waals surface area contributed by atoms with E-state index in [4.69, 9.17) is 4.74 Å². The van der Waals surface area contributed by atoms with Gasteiger partial charge < -0.3 is 9.64 Å². The highest BCUT2D eigenvalue weighted by Crippen LogP contribution is 2.25. The molecule has 3 rings (SSSR count). The number of morpholine rings is 1. The van der Waals surface area contributed by atoms with Gasteiger partial charge in [-0.1, -0.05) is 11.6 Å². The zero-order valence-electron chi connectivity index (χ0n) is 14.8. The predicted molar refractivity (Wildman–Crippen MR) is 94.5 cm³/mol. The fourth-order valence-electron chi connectivity index (χ4n) is 3.57. The largest absolute Gasteiger partial charge is 0.378 e. The number of carbonyl (C=O) groups excluding carboxylic acids is 1. The van der Waals surface area contributed by atoms with E-state index in [9.17, 15) is 9.59 Å². The van der Waals surface area contributed by atoms with Crippen molar-refractivity contribution < 1.29 is 9.53 Å². The Morgan fingerprint density at radius 3 is 2.42 bits per heavy atom. The van der Waals surface area contributed by atoms with Crippen molar-refractivity contribution >= 4 is 16.8 Å². The van der Waals surface area contributed by atoms with Crippen molar-refractivity contribution in [3.8, 4) is 0 Å². The Kier molecular flexibility index (Phi) is 4.45. The van der Waals surface area contributed by atoms with Crippen molar-refractivity contribution in [3.63, 3.8) is 0 Å². The second-order valence-electron chi connectivity index (χ2n) is 6.63. The third-order valence-corrected chi connectivity index (χ3v) is 4.76. The second-order valence-corrected chi connectivity index (χ2v) is 6.63. The van der Waals surface area contributed by atoms with Crippen LogP contribution < -0.4 is 5.56 Å². The minimum Gasteiger partial charge on any atom is -0.378 e. The lowest BCUT2D eigenvalue weighted by atomic mass is 10.0. The van der Waals surface area contributed by atoms with Gasteiger partial charge in [0, 0.05) is 24.5 Å². The summed E-state index contributed by atoms with van der Waals surface area (Å²) in [5.74, 6) is -0.0227. The van der Waals surface area contributed by atoms with Crippen LogP contribution in [0.3, 0.4) is 0 Å². The van der Waals surface area contributed by atoms with E-state index < -0.39 is 6.04 Å². The molecule has 5 heteroatoms. The summed E-state index contributed by atoms with van der Waals surface area (Å²) >= 11 is 0. The van der Waals surface area contributed by atoms with Crippen LogP contribution in [0.2, 0.25) is 0 Å². The summed E-state index contributed by atoms with van der Waals surface area (Å²) in [5, 5.41) is 1.04. The van der Waals surface area contributed by atoms with Crippen LogP contribution in [-0.2, 0) is 9.53 Å². The van der Waals surface area contributed by atoms with Crippen LogP contribution in [-0.4, -0.2) is 41.7 Å². The smallest absolute Gasteiger partial charge is 0.252 e. The second kappa shape index (κ2) is 6.40. The molecule has 0 unspecified atom stereocenters. The molecule has 24 heavy (non-hydrogen) atoms. The number of carbonyl (C=O) groups is 1. The quantitative estimate of drug-likeness (QED) is 0.850. The monoisotopic (exact) mass is 328 g/mol. The first-order chi connectivity index (χ1) is 11.4. The Morgan fingerprint density at radius 2 is 1.75 bits per heavy atom. The lowest BCUT2D eigenvalue weighted by Crippen LogP contribution is -2.45. The Morgan fingerprint density at radius 1 is 1.08 bits per heavy atom. The van der Waals surface area contributed by atoms with Gasteiger partial charge in [0.15, 0.2) is 0 Å². The molecule has 0 N–H and O–H groups in total. The van der Waals surface area contributed by atoms with Crippen LogP contribution in [0.5, 0.6) is 0 Å². The fourth-order valence-corrected chi connectivity index (χ4v) is 3.57. The first-order valence-electron chi connectivity index (χ1n) is 8.40. The molecule has 5 nitrogen and oxygen atoms in total. The average molecular weight is 328 g/mol. The van der Waals surface area contributed by atoms with E-state index >= 15 is 0 Å². The molecule has 0 saturated carbocycles. The summed E-state index contributed by atoms with van der Waals surface area (Å²) in [6, 6.07) is 5.24. The number of benzene rings is 1. The number of nitrogens with zero attached hydrogens (tertiary/aromatic N) is 2. The van der Waals surface area contributed by atoms with Crippen LogP contribution in [0.25, 0.3) is 10.9 Å². The van der Waals surface area contributed by atoms with E-state index in [1.54, 1.807) is 15.5 Å². The summed E-state index contributed by atoms with van der Waals surface area (Å²) in [6.45, 7) is 10.1. The molecule has 2 heterocycles. The molecule has 1 aromatic heterocycles. The zero-order chi connectivity index (χ0) is 17.4. The highest BCUT2D eigenvalue weighted by Gasteiger charge is 2.26. The van der Waals surface area contributed by atoms with Gasteiger partial charge in [0.05, 0.1) is 18.7 Å². The van der Waals surface area contributed by atoms with Crippen LogP contribution in [0.1, 0.15) is 29.7 Å². The van der Waals surface area contributed by atoms with Gasteiger partial charge in [0.25, 0.3) is 5.56 Å². The maximum atomic E-state index is 12.9. The molecule has 0 spiro atoms. The van der Waals surface area contributed by atoms with Crippen LogP contribution in [0, 0.1) is 20.8 Å². The highest BCUT2D eigenvalue weighted by molar-refractivity contribution is 5.89. The van der Waals surface area contributed by atoms with Crippen molar-refractivity contribution in [2.75, 3.05) is 26.3 Å². The lowest BCUT2D eigenvalue weighted by Gasteiger charge is -2.30. The Labute approximate surface area is 141 Å². The predicted octanol–water partition coefficient (Wildman–Crippen LogP) is 2.35. The molecular formula is C19H24N2O3. The van der Waals surface area contributed by atoms with Gasteiger partial charge in [-0.15, -0.1) is 0 Å². The zero-order valence-corrected chi connectivity index (χ0v) is 14.8. The first kappa shape index (κ1) is 16.7. The summed E-state index contributed by atoms with van der Waals surface area (Å²) in [7, 11) is 0. The topological polar surface area (TPSA) is 51.5 Å². The molecule has 1 atom stereocenters. The van der Waals surface area contributed by atoms with Crippen molar-refractivity contribution in [2.45, 2.75) is 33.7 Å². The number of rotatable bonds is 2. The third kappa shape index (κ3) is 2.84. The maximum absolute atomic E-state index is 12.9. The summed E-state index contributed by atoms with van der Waals surface area (Å²) < 4.78 is 6.96. The summed E-state index contributed by atoms with van der Waals surface area (Å²) in [5.41, 5.74) is 3.86. The standard InChI is InChI=1S/C19H24N2O3/c1-12-9-14(3)18-16(10-12)13(2)11-17(22)21(18)15(4)19(23)20-5-7-24-8-6-20/h9-11,15H,5-8H2,1-4H3/t15-/m0/s1. The highest BCUT2D eigenvalue weighted by atomic mass is 16.5. The molecule has 1 aliphatic heterocycles. The van der Waals surface area contributed by atoms with Crippen molar-refractivity contribution in [2.24, 2.45) is 0 Å². The molecule has 0 radical (unpaired) electrons. The molecule has 1 amide bonds. The van der Waals surface area contributed by atoms with Crippen molar-refractivity contribution in [1.82, 2.24) is 9.47 Å². The average Bonchev–Trinajstić information content (AvgIpc) is 2.55. The SMILES string of the molecule is Cc1cc(C)c2c(c1)c(C)cc(=O)n2[C@@H](C)C(=O)N1CCOCC1. The molecule has 128 valence electrons. The van der Waals surface area contributed by atoms with Crippen LogP contribution >= 0.6 is 0 Å². The molecule has 1 aromatic carbocycles. The van der Waals surface area contributed by atoms with E-state index in [0.717, 1.165) is 27.6 Å². The number of hydrogen-bond donors (Lipinski definition) is 0. The van der Waals surface area contributed by atoms with Crippen LogP contribution in [0.15, 0.2) is 23.0 Å². The summed E-state index contributed by atoms with van der Waals surface area (Å²) in [4.78, 5) is 27.3. The third-order valence-electron chi connectivity index (χ3n) is 4.76. The van der Waals surface area contributed by atoms with E-state index in [2.05, 4.69) is 12.1 Å². The molecule has 0 bridgehead atoms. The van der Waals surface area contributed by atoms with Gasteiger partial charge in [0.1, 0.15) is 6.04 Å². The van der Waals surface area contributed by atoms with Gasteiger partial charge in [-0.05, 0) is 44.9 Å². The Hall–Kier alpha value is -2.14. The maximum Gasteiger partial charge on any atom is 0.252 e. The van der Waals surface area contributed by atoms with Gasteiger partial charge >= 0.3 is 0 Å². The minimum absolute atomic E-state index is 0.0227. The van der Waals surface area contributed by atoms with Gasteiger partial charge in [0.2, 0.25) is 5.91 Å². The number of amides is 1. The Bertz CT molecular complexity index is 848. The molecule has 0 aliphatic carbocycles. The molecule has 1 aliphatic rings. The normalized spacial score (nSPS) is 16.4. The Balaban J connectivity index is 2.14.